The maximum Gasteiger partial charge on any atom is 0.245 e. The molecule has 1 aromatic rings. The van der Waals surface area contributed by atoms with Crippen LogP contribution in [0.25, 0.3) is 0 Å². The van der Waals surface area contributed by atoms with Crippen molar-refractivity contribution in [2.75, 3.05) is 32.1 Å². The Kier molecular flexibility index (Phi) is 5.49. The number of carbonyl (C=O) groups excluding carboxylic acids is 2. The van der Waals surface area contributed by atoms with E-state index < -0.39 is 0 Å². The molecule has 2 amide bonds. The van der Waals surface area contributed by atoms with E-state index in [0.29, 0.717) is 36.0 Å². The third-order valence-electron chi connectivity index (χ3n) is 6.95. The molecular weight excluding hydrogens is 374 g/mol. The van der Waals surface area contributed by atoms with Crippen LogP contribution < -0.4 is 5.32 Å². The lowest BCUT2D eigenvalue weighted by atomic mass is 9.49. The Morgan fingerprint density at radius 3 is 2.29 bits per heavy atom. The number of nitrogens with zero attached hydrogens (tertiary/aromatic N) is 2. The molecule has 4 bridgehead atoms. The minimum atomic E-state index is -0.239. The summed E-state index contributed by atoms with van der Waals surface area (Å²) in [7, 11) is 1.63. The van der Waals surface area contributed by atoms with Gasteiger partial charge in [0.15, 0.2) is 5.13 Å². The second-order valence-corrected chi connectivity index (χ2v) is 10.3. The summed E-state index contributed by atoms with van der Waals surface area (Å²) >= 11 is 1.47. The highest BCUT2D eigenvalue weighted by Gasteiger charge is 2.55. The van der Waals surface area contributed by atoms with Crippen LogP contribution in [-0.4, -0.2) is 48.5 Å². The quantitative estimate of drug-likeness (QED) is 0.755. The predicted molar refractivity (Wildman–Crippen MR) is 109 cm³/mol. The largest absolute Gasteiger partial charge is 0.383 e. The molecule has 0 aromatic carbocycles. The molecule has 0 aliphatic heterocycles. The van der Waals surface area contributed by atoms with E-state index in [1.807, 2.05) is 13.8 Å². The van der Waals surface area contributed by atoms with Crippen LogP contribution in [0.3, 0.4) is 0 Å². The Balaban J connectivity index is 1.46. The zero-order valence-corrected chi connectivity index (χ0v) is 17.9. The topological polar surface area (TPSA) is 71.5 Å². The molecule has 7 heteroatoms. The van der Waals surface area contributed by atoms with Crippen LogP contribution >= 0.6 is 11.3 Å². The van der Waals surface area contributed by atoms with E-state index in [2.05, 4.69) is 10.3 Å². The Labute approximate surface area is 171 Å². The van der Waals surface area contributed by atoms with E-state index in [4.69, 9.17) is 4.74 Å². The first kappa shape index (κ1) is 19.8. The van der Waals surface area contributed by atoms with E-state index >= 15 is 0 Å². The van der Waals surface area contributed by atoms with E-state index in [1.165, 1.54) is 30.6 Å². The maximum atomic E-state index is 13.6. The molecule has 28 heavy (non-hydrogen) atoms. The number of methoxy groups -OCH3 is 1. The number of aryl methyl sites for hydroxylation is 2. The molecule has 1 heterocycles. The number of rotatable bonds is 7. The lowest BCUT2D eigenvalue weighted by molar-refractivity contribution is -0.159. The van der Waals surface area contributed by atoms with E-state index in [0.717, 1.165) is 29.8 Å². The smallest absolute Gasteiger partial charge is 0.245 e. The van der Waals surface area contributed by atoms with Gasteiger partial charge in [-0.3, -0.25) is 9.59 Å². The summed E-state index contributed by atoms with van der Waals surface area (Å²) in [4.78, 5) is 33.5. The zero-order valence-electron chi connectivity index (χ0n) is 17.1. The highest BCUT2D eigenvalue weighted by Crippen LogP contribution is 2.60. The predicted octanol–water partition coefficient (Wildman–Crippen LogP) is 3.39. The first-order valence-electron chi connectivity index (χ1n) is 10.4. The van der Waals surface area contributed by atoms with Crippen molar-refractivity contribution < 1.29 is 14.3 Å². The monoisotopic (exact) mass is 405 g/mol. The summed E-state index contributed by atoms with van der Waals surface area (Å²) in [6.07, 6.45) is 6.92. The van der Waals surface area contributed by atoms with Gasteiger partial charge in [0.2, 0.25) is 11.8 Å². The SMILES string of the molecule is COCCN(CC(=O)Nc1nc(C)c(C)s1)C(=O)C12CC3CC(CC(C3)C1)C2. The molecule has 0 spiro atoms. The van der Waals surface area contributed by atoms with Crippen molar-refractivity contribution in [1.29, 1.82) is 0 Å². The number of aromatic nitrogens is 1. The number of amides is 2. The fourth-order valence-electron chi connectivity index (χ4n) is 6.02. The molecule has 4 saturated carbocycles. The van der Waals surface area contributed by atoms with Gasteiger partial charge in [-0.25, -0.2) is 4.98 Å². The van der Waals surface area contributed by atoms with Crippen LogP contribution in [0.4, 0.5) is 5.13 Å². The van der Waals surface area contributed by atoms with Crippen molar-refractivity contribution in [3.8, 4) is 0 Å². The number of hydrogen-bond donors (Lipinski definition) is 1. The van der Waals surface area contributed by atoms with Gasteiger partial charge >= 0.3 is 0 Å². The van der Waals surface area contributed by atoms with Crippen LogP contribution in [0.5, 0.6) is 0 Å². The third-order valence-corrected chi connectivity index (χ3v) is 7.94. The molecular formula is C21H31N3O3S. The van der Waals surface area contributed by atoms with Gasteiger partial charge in [0, 0.05) is 18.5 Å². The van der Waals surface area contributed by atoms with Crippen molar-refractivity contribution in [1.82, 2.24) is 9.88 Å². The Hall–Kier alpha value is -1.47. The first-order chi connectivity index (χ1) is 13.4. The van der Waals surface area contributed by atoms with Gasteiger partial charge < -0.3 is 15.0 Å². The summed E-state index contributed by atoms with van der Waals surface area (Å²) in [6.45, 7) is 4.90. The fourth-order valence-corrected chi connectivity index (χ4v) is 6.85. The molecule has 4 aliphatic carbocycles. The molecule has 6 nitrogen and oxygen atoms in total. The highest BCUT2D eigenvalue weighted by atomic mass is 32.1. The van der Waals surface area contributed by atoms with Crippen LogP contribution in [0.15, 0.2) is 0 Å². The molecule has 5 rings (SSSR count). The number of anilines is 1. The lowest BCUT2D eigenvalue weighted by Crippen LogP contribution is -2.56. The molecule has 1 aromatic heterocycles. The second kappa shape index (κ2) is 7.75. The summed E-state index contributed by atoms with van der Waals surface area (Å²) in [5.41, 5.74) is 0.693. The van der Waals surface area contributed by atoms with Crippen molar-refractivity contribution in [3.63, 3.8) is 0 Å². The molecule has 0 saturated heterocycles. The number of ether oxygens (including phenoxy) is 1. The van der Waals surface area contributed by atoms with Crippen molar-refractivity contribution in [2.45, 2.75) is 52.4 Å². The van der Waals surface area contributed by atoms with Crippen LogP contribution in [0.2, 0.25) is 0 Å². The fraction of sp³-hybridized carbons (Fsp3) is 0.762. The van der Waals surface area contributed by atoms with E-state index in [9.17, 15) is 9.59 Å². The van der Waals surface area contributed by atoms with Crippen LogP contribution in [-0.2, 0) is 14.3 Å². The molecule has 1 N–H and O–H groups in total. The molecule has 154 valence electrons. The third kappa shape index (κ3) is 3.83. The Morgan fingerprint density at radius 2 is 1.79 bits per heavy atom. The molecule has 4 fully saturated rings. The van der Waals surface area contributed by atoms with E-state index in [-0.39, 0.29) is 23.8 Å². The van der Waals surface area contributed by atoms with Gasteiger partial charge in [-0.05, 0) is 70.1 Å². The second-order valence-electron chi connectivity index (χ2n) is 9.13. The summed E-state index contributed by atoms with van der Waals surface area (Å²) < 4.78 is 5.22. The zero-order chi connectivity index (χ0) is 19.9. The highest BCUT2D eigenvalue weighted by molar-refractivity contribution is 7.15. The van der Waals surface area contributed by atoms with Gasteiger partial charge in [0.1, 0.15) is 6.54 Å². The number of nitrogens with one attached hydrogen (secondary N) is 1. The normalized spacial score (nSPS) is 30.5. The molecule has 0 unspecified atom stereocenters. The van der Waals surface area contributed by atoms with Gasteiger partial charge in [-0.1, -0.05) is 0 Å². The Bertz CT molecular complexity index is 705. The van der Waals surface area contributed by atoms with Crippen molar-refractivity contribution >= 4 is 28.3 Å². The van der Waals surface area contributed by atoms with Gasteiger partial charge in [0.05, 0.1) is 17.7 Å². The minimum Gasteiger partial charge on any atom is -0.383 e. The van der Waals surface area contributed by atoms with Gasteiger partial charge in [-0.2, -0.15) is 0 Å². The maximum absolute atomic E-state index is 13.6. The standard InChI is InChI=1S/C21H31N3O3S/c1-13-14(2)28-20(22-13)23-18(25)12-24(4-5-27-3)19(26)21-9-15-6-16(10-21)8-17(7-15)11-21/h15-17H,4-12H2,1-3H3,(H,22,23,25). The molecule has 0 atom stereocenters. The average Bonchev–Trinajstić information content (AvgIpc) is 2.94. The van der Waals surface area contributed by atoms with Crippen LogP contribution in [0.1, 0.15) is 49.1 Å². The number of hydrogen-bond acceptors (Lipinski definition) is 5. The summed E-state index contributed by atoms with van der Waals surface area (Å²) in [5.74, 6) is 2.10. The average molecular weight is 406 g/mol. The summed E-state index contributed by atoms with van der Waals surface area (Å²) in [6, 6.07) is 0. The number of carbonyl (C=O) groups is 2. The Morgan fingerprint density at radius 1 is 1.18 bits per heavy atom. The van der Waals surface area contributed by atoms with Crippen molar-refractivity contribution in [2.24, 2.45) is 23.2 Å². The summed E-state index contributed by atoms with van der Waals surface area (Å²) in [5, 5.41) is 3.48. The van der Waals surface area contributed by atoms with Crippen molar-refractivity contribution in [3.05, 3.63) is 10.6 Å². The van der Waals surface area contributed by atoms with Gasteiger partial charge in [-0.15, -0.1) is 11.3 Å². The minimum absolute atomic E-state index is 0.0711. The molecule has 0 radical (unpaired) electrons. The van der Waals surface area contributed by atoms with Crippen LogP contribution in [0, 0.1) is 37.0 Å². The van der Waals surface area contributed by atoms with Gasteiger partial charge in [0.25, 0.3) is 0 Å². The molecule has 4 aliphatic rings. The lowest BCUT2D eigenvalue weighted by Gasteiger charge is -2.56. The first-order valence-corrected chi connectivity index (χ1v) is 11.2. The number of thiazole rings is 1. The van der Waals surface area contributed by atoms with E-state index in [1.54, 1.807) is 12.0 Å².